The van der Waals surface area contributed by atoms with Crippen molar-refractivity contribution in [1.29, 1.82) is 0 Å². The number of anilines is 2. The van der Waals surface area contributed by atoms with Crippen molar-refractivity contribution in [1.82, 2.24) is 0 Å². The van der Waals surface area contributed by atoms with Gasteiger partial charge in [-0.1, -0.05) is 6.07 Å². The van der Waals surface area contributed by atoms with Gasteiger partial charge in [0.2, 0.25) is 0 Å². The molecule has 3 aromatic rings. The molecule has 0 aliphatic rings. The summed E-state index contributed by atoms with van der Waals surface area (Å²) >= 11 is 0. The van der Waals surface area contributed by atoms with E-state index in [1.165, 1.54) is 30.3 Å². The Bertz CT molecular complexity index is 1270. The second-order valence-electron chi connectivity index (χ2n) is 6.89. The molecule has 3 aromatic carbocycles. The Balaban J connectivity index is 1.83. The van der Waals surface area contributed by atoms with E-state index in [4.69, 9.17) is 9.84 Å². The lowest BCUT2D eigenvalue weighted by Crippen LogP contribution is -2.21. The molecule has 0 aliphatic carbocycles. The molecule has 3 N–H and O–H groups in total. The molecule has 0 atom stereocenters. The van der Waals surface area contributed by atoms with Crippen molar-refractivity contribution in [2.24, 2.45) is 0 Å². The van der Waals surface area contributed by atoms with E-state index in [0.29, 0.717) is 22.6 Å². The molecule has 0 saturated carbocycles. The molecule has 0 saturated heterocycles. The molecule has 0 heterocycles. The van der Waals surface area contributed by atoms with E-state index in [1.54, 1.807) is 32.0 Å². The second kappa shape index (κ2) is 9.06. The van der Waals surface area contributed by atoms with Crippen molar-refractivity contribution in [2.75, 3.05) is 10.0 Å². The van der Waals surface area contributed by atoms with Crippen LogP contribution in [0.2, 0.25) is 0 Å². The Morgan fingerprint density at radius 2 is 1.56 bits per heavy atom. The van der Waals surface area contributed by atoms with Gasteiger partial charge in [0.15, 0.2) is 0 Å². The molecule has 1 amide bonds. The van der Waals surface area contributed by atoms with Crippen LogP contribution in [-0.2, 0) is 19.6 Å². The lowest BCUT2D eigenvalue weighted by Gasteiger charge is -2.15. The predicted molar refractivity (Wildman–Crippen MR) is 116 cm³/mol. The van der Waals surface area contributed by atoms with Gasteiger partial charge >= 0.3 is 11.9 Å². The molecule has 0 bridgehead atoms. The predicted octanol–water partition coefficient (Wildman–Crippen LogP) is 4.06. The highest BCUT2D eigenvalue weighted by Gasteiger charge is 2.17. The normalized spacial score (nSPS) is 11.0. The number of aryl methyl sites for hydroxylation is 2. The van der Waals surface area contributed by atoms with Gasteiger partial charge in [-0.2, -0.15) is 0 Å². The molecule has 0 fully saturated rings. The van der Waals surface area contributed by atoms with Crippen LogP contribution in [0.5, 0.6) is 11.5 Å². The number of carboxylic acids is 1. The van der Waals surface area contributed by atoms with Crippen molar-refractivity contribution in [2.45, 2.75) is 18.7 Å². The minimum Gasteiger partial charge on any atom is -0.474 e. The van der Waals surface area contributed by atoms with Crippen LogP contribution in [-0.4, -0.2) is 25.4 Å². The number of rotatable bonds is 6. The van der Waals surface area contributed by atoms with Crippen LogP contribution in [0.1, 0.15) is 11.1 Å². The van der Waals surface area contributed by atoms with Crippen LogP contribution >= 0.6 is 0 Å². The molecule has 0 aliphatic heterocycles. The molecule has 0 radical (unpaired) electrons. The maximum absolute atomic E-state index is 13.0. The van der Waals surface area contributed by atoms with E-state index in [0.717, 1.165) is 12.1 Å². The number of sulfonamides is 1. The summed E-state index contributed by atoms with van der Waals surface area (Å²) in [5.41, 5.74) is 1.70. The summed E-state index contributed by atoms with van der Waals surface area (Å²) in [5, 5.41) is 11.0. The van der Waals surface area contributed by atoms with Crippen molar-refractivity contribution in [3.8, 4) is 11.5 Å². The standard InChI is InChI=1S/C22H19FN2O6S/c1-13-10-17(24-21(26)22(27)28)11-14(2)20(13)31-18-4-3-5-19(12-18)32(29,30)25-16-8-6-15(23)7-9-16/h3-12,25H,1-2H3,(H,24,26)(H,27,28). The van der Waals surface area contributed by atoms with Gasteiger partial charge in [0.05, 0.1) is 4.90 Å². The number of benzene rings is 3. The van der Waals surface area contributed by atoms with Gasteiger partial charge in [0.1, 0.15) is 17.3 Å². The number of ether oxygens (including phenoxy) is 1. The van der Waals surface area contributed by atoms with Crippen molar-refractivity contribution in [3.63, 3.8) is 0 Å². The minimum atomic E-state index is -3.95. The number of hydrogen-bond acceptors (Lipinski definition) is 5. The molecule has 0 spiro atoms. The van der Waals surface area contributed by atoms with Crippen molar-refractivity contribution >= 4 is 33.3 Å². The molecular formula is C22H19FN2O6S. The van der Waals surface area contributed by atoms with E-state index >= 15 is 0 Å². The van der Waals surface area contributed by atoms with Crippen LogP contribution < -0.4 is 14.8 Å². The third-order valence-electron chi connectivity index (χ3n) is 4.34. The summed E-state index contributed by atoms with van der Waals surface area (Å²) in [7, 11) is -3.95. The van der Waals surface area contributed by atoms with E-state index in [9.17, 15) is 22.4 Å². The lowest BCUT2D eigenvalue weighted by atomic mass is 10.1. The van der Waals surface area contributed by atoms with E-state index in [-0.39, 0.29) is 16.3 Å². The molecule has 8 nitrogen and oxygen atoms in total. The van der Waals surface area contributed by atoms with Crippen LogP contribution in [0, 0.1) is 19.7 Å². The van der Waals surface area contributed by atoms with Gasteiger partial charge in [0.25, 0.3) is 10.0 Å². The highest BCUT2D eigenvalue weighted by atomic mass is 32.2. The van der Waals surface area contributed by atoms with Crippen molar-refractivity contribution < 1.29 is 32.2 Å². The second-order valence-corrected chi connectivity index (χ2v) is 8.57. The summed E-state index contributed by atoms with van der Waals surface area (Å²) in [6, 6.07) is 13.8. The first-order chi connectivity index (χ1) is 15.0. The number of hydrogen-bond donors (Lipinski definition) is 3. The zero-order valence-corrected chi connectivity index (χ0v) is 17.9. The SMILES string of the molecule is Cc1cc(NC(=O)C(=O)O)cc(C)c1Oc1cccc(S(=O)(=O)Nc2ccc(F)cc2)c1. The number of carbonyl (C=O) groups excluding carboxylic acids is 1. The zero-order valence-electron chi connectivity index (χ0n) is 17.0. The van der Waals surface area contributed by atoms with Gasteiger partial charge in [-0.05, 0) is 73.5 Å². The van der Waals surface area contributed by atoms with E-state index < -0.39 is 27.7 Å². The number of amides is 1. The highest BCUT2D eigenvalue weighted by Crippen LogP contribution is 2.32. The average Bonchev–Trinajstić information content (AvgIpc) is 2.72. The summed E-state index contributed by atoms with van der Waals surface area (Å²) in [6.07, 6.45) is 0. The van der Waals surface area contributed by atoms with Gasteiger partial charge in [-0.15, -0.1) is 0 Å². The monoisotopic (exact) mass is 458 g/mol. The van der Waals surface area contributed by atoms with Crippen LogP contribution in [0.3, 0.4) is 0 Å². The number of carboxylic acid groups (broad SMARTS) is 1. The van der Waals surface area contributed by atoms with Crippen LogP contribution in [0.15, 0.2) is 65.6 Å². The summed E-state index contributed by atoms with van der Waals surface area (Å²) in [6.45, 7) is 3.41. The fourth-order valence-corrected chi connectivity index (χ4v) is 4.02. The third kappa shape index (κ3) is 5.41. The van der Waals surface area contributed by atoms with Gasteiger partial charge in [-0.25, -0.2) is 17.6 Å². The Kier molecular flexibility index (Phi) is 6.45. The number of nitrogens with one attached hydrogen (secondary N) is 2. The van der Waals surface area contributed by atoms with E-state index in [2.05, 4.69) is 10.0 Å². The number of halogens is 1. The zero-order chi connectivity index (χ0) is 23.5. The topological polar surface area (TPSA) is 122 Å². The Morgan fingerprint density at radius 3 is 2.16 bits per heavy atom. The number of aliphatic carboxylic acids is 1. The Morgan fingerprint density at radius 1 is 0.938 bits per heavy atom. The smallest absolute Gasteiger partial charge is 0.394 e. The van der Waals surface area contributed by atoms with Gasteiger partial charge in [0, 0.05) is 17.4 Å². The summed E-state index contributed by atoms with van der Waals surface area (Å²) < 4.78 is 46.7. The lowest BCUT2D eigenvalue weighted by molar-refractivity contribution is -0.147. The highest BCUT2D eigenvalue weighted by molar-refractivity contribution is 7.92. The van der Waals surface area contributed by atoms with Crippen molar-refractivity contribution in [3.05, 3.63) is 77.6 Å². The molecule has 10 heteroatoms. The minimum absolute atomic E-state index is 0.0556. The Labute approximate surface area is 183 Å². The molecular weight excluding hydrogens is 439 g/mol. The van der Waals surface area contributed by atoms with Crippen LogP contribution in [0.25, 0.3) is 0 Å². The first kappa shape index (κ1) is 22.8. The van der Waals surface area contributed by atoms with Gasteiger partial charge < -0.3 is 15.2 Å². The Hall–Kier alpha value is -3.92. The molecule has 3 rings (SSSR count). The molecule has 0 aromatic heterocycles. The quantitative estimate of drug-likeness (QED) is 0.479. The first-order valence-electron chi connectivity index (χ1n) is 9.27. The van der Waals surface area contributed by atoms with E-state index in [1.807, 2.05) is 0 Å². The maximum Gasteiger partial charge on any atom is 0.394 e. The molecule has 0 unspecified atom stereocenters. The van der Waals surface area contributed by atoms with Crippen LogP contribution in [0.4, 0.5) is 15.8 Å². The third-order valence-corrected chi connectivity index (χ3v) is 5.72. The number of carbonyl (C=O) groups is 2. The first-order valence-corrected chi connectivity index (χ1v) is 10.8. The van der Waals surface area contributed by atoms with Gasteiger partial charge in [-0.3, -0.25) is 9.52 Å². The fraction of sp³-hybridized carbons (Fsp3) is 0.0909. The fourth-order valence-electron chi connectivity index (χ4n) is 2.92. The molecule has 32 heavy (non-hydrogen) atoms. The molecule has 166 valence electrons. The maximum atomic E-state index is 13.0. The average molecular weight is 458 g/mol. The summed E-state index contributed by atoms with van der Waals surface area (Å²) in [4.78, 5) is 22.0. The summed E-state index contributed by atoms with van der Waals surface area (Å²) in [5.74, 6) is -2.57. The largest absolute Gasteiger partial charge is 0.474 e.